The molecule has 1 rings (SSSR count). The first-order valence-electron chi connectivity index (χ1n) is 8.11. The van der Waals surface area contributed by atoms with Gasteiger partial charge in [-0.3, -0.25) is 0 Å². The van der Waals surface area contributed by atoms with Crippen molar-refractivity contribution in [2.24, 2.45) is 0 Å². The van der Waals surface area contributed by atoms with Gasteiger partial charge in [-0.15, -0.1) is 0 Å². The summed E-state index contributed by atoms with van der Waals surface area (Å²) < 4.78 is 11.6. The van der Waals surface area contributed by atoms with E-state index in [1.165, 1.54) is 0 Å². The summed E-state index contributed by atoms with van der Waals surface area (Å²) in [4.78, 5) is 0. The van der Waals surface area contributed by atoms with Gasteiger partial charge in [-0.1, -0.05) is 38.5 Å². The van der Waals surface area contributed by atoms with Crippen LogP contribution in [-0.2, 0) is 0 Å². The summed E-state index contributed by atoms with van der Waals surface area (Å²) in [7, 11) is 0. The first-order valence-corrected chi connectivity index (χ1v) is 8.11. The van der Waals surface area contributed by atoms with Crippen LogP contribution < -0.4 is 9.47 Å². The van der Waals surface area contributed by atoms with E-state index in [2.05, 4.69) is 25.7 Å². The van der Waals surface area contributed by atoms with Gasteiger partial charge in [0.15, 0.2) is 11.5 Å². The number of benzene rings is 1. The molecule has 0 radical (unpaired) electrons. The molecule has 0 aliphatic heterocycles. The van der Waals surface area contributed by atoms with Gasteiger partial charge in [0, 0.05) is 5.56 Å². The third-order valence-electron chi connectivity index (χ3n) is 2.97. The van der Waals surface area contributed by atoms with E-state index >= 15 is 0 Å². The predicted octanol–water partition coefficient (Wildman–Crippen LogP) is 4.17. The normalized spacial score (nSPS) is 10.8. The molecule has 0 aliphatic carbocycles. The van der Waals surface area contributed by atoms with Crippen LogP contribution in [0.4, 0.5) is 0 Å². The molecule has 0 amide bonds. The summed E-state index contributed by atoms with van der Waals surface area (Å²) in [5.41, 5.74) is -0.184. The highest BCUT2D eigenvalue weighted by Crippen LogP contribution is 2.28. The van der Waals surface area contributed by atoms with Crippen molar-refractivity contribution < 1.29 is 14.6 Å². The SMILES string of the molecule is CCCCOc1ccc(C#CC(C)(C)O)cc1OCCCC. The fraction of sp³-hybridized carbons (Fsp3) is 0.579. The molecule has 1 N–H and O–H groups in total. The van der Waals surface area contributed by atoms with Crippen molar-refractivity contribution in [1.29, 1.82) is 0 Å². The summed E-state index contributed by atoms with van der Waals surface area (Å²) in [6, 6.07) is 5.67. The Bertz CT molecular complexity index is 504. The highest BCUT2D eigenvalue weighted by Gasteiger charge is 2.08. The highest BCUT2D eigenvalue weighted by molar-refractivity contribution is 5.48. The summed E-state index contributed by atoms with van der Waals surface area (Å²) in [6.07, 6.45) is 4.22. The number of rotatable bonds is 8. The minimum absolute atomic E-state index is 0.670. The Morgan fingerprint density at radius 2 is 1.59 bits per heavy atom. The molecule has 0 heterocycles. The van der Waals surface area contributed by atoms with Gasteiger partial charge in [0.25, 0.3) is 0 Å². The molecule has 0 unspecified atom stereocenters. The second kappa shape index (κ2) is 9.38. The van der Waals surface area contributed by atoms with E-state index in [1.54, 1.807) is 13.8 Å². The maximum atomic E-state index is 9.69. The topological polar surface area (TPSA) is 38.7 Å². The lowest BCUT2D eigenvalue weighted by Crippen LogP contribution is -2.14. The molecule has 0 bridgehead atoms. The second-order valence-electron chi connectivity index (χ2n) is 5.87. The van der Waals surface area contributed by atoms with Crippen molar-refractivity contribution in [2.45, 2.75) is 59.0 Å². The van der Waals surface area contributed by atoms with Crippen LogP contribution >= 0.6 is 0 Å². The second-order valence-corrected chi connectivity index (χ2v) is 5.87. The van der Waals surface area contributed by atoms with E-state index < -0.39 is 5.60 Å². The van der Waals surface area contributed by atoms with Gasteiger partial charge in [-0.2, -0.15) is 0 Å². The van der Waals surface area contributed by atoms with Crippen LogP contribution in [0.15, 0.2) is 18.2 Å². The van der Waals surface area contributed by atoms with E-state index in [4.69, 9.17) is 9.47 Å². The standard InChI is InChI=1S/C19H28O3/c1-5-7-13-21-17-10-9-16(11-12-19(3,4)20)15-18(17)22-14-8-6-2/h9-10,15,20H,5-8,13-14H2,1-4H3. The van der Waals surface area contributed by atoms with Crippen molar-refractivity contribution in [3.63, 3.8) is 0 Å². The summed E-state index contributed by atoms with van der Waals surface area (Å²) in [5, 5.41) is 9.69. The Morgan fingerprint density at radius 3 is 2.14 bits per heavy atom. The quantitative estimate of drug-likeness (QED) is 0.579. The summed E-state index contributed by atoms with van der Waals surface area (Å²) >= 11 is 0. The molecule has 0 saturated carbocycles. The minimum atomic E-state index is -1.00. The van der Waals surface area contributed by atoms with E-state index in [1.807, 2.05) is 18.2 Å². The smallest absolute Gasteiger partial charge is 0.162 e. The molecule has 22 heavy (non-hydrogen) atoms. The van der Waals surface area contributed by atoms with E-state index in [9.17, 15) is 5.11 Å². The Hall–Kier alpha value is -1.66. The number of aliphatic hydroxyl groups is 1. The number of unbranched alkanes of at least 4 members (excludes halogenated alkanes) is 2. The monoisotopic (exact) mass is 304 g/mol. The Morgan fingerprint density at radius 1 is 1.00 bits per heavy atom. The molecule has 0 aromatic heterocycles. The maximum Gasteiger partial charge on any atom is 0.162 e. The number of hydrogen-bond acceptors (Lipinski definition) is 3. The fourth-order valence-corrected chi connectivity index (χ4v) is 1.70. The van der Waals surface area contributed by atoms with Crippen LogP contribution in [-0.4, -0.2) is 23.9 Å². The van der Waals surface area contributed by atoms with Crippen molar-refractivity contribution in [3.05, 3.63) is 23.8 Å². The lowest BCUT2D eigenvalue weighted by atomic mass is 10.1. The van der Waals surface area contributed by atoms with Gasteiger partial charge in [-0.25, -0.2) is 0 Å². The Labute approximate surface area is 134 Å². The first kappa shape index (κ1) is 18.4. The number of ether oxygens (including phenoxy) is 2. The molecule has 0 spiro atoms. The van der Waals surface area contributed by atoms with Crippen LogP contribution in [0, 0.1) is 11.8 Å². The van der Waals surface area contributed by atoms with Gasteiger partial charge >= 0.3 is 0 Å². The molecule has 1 aromatic carbocycles. The molecule has 122 valence electrons. The van der Waals surface area contributed by atoms with Crippen molar-refractivity contribution in [2.75, 3.05) is 13.2 Å². The molecular weight excluding hydrogens is 276 g/mol. The lowest BCUT2D eigenvalue weighted by Gasteiger charge is -2.13. The fourth-order valence-electron chi connectivity index (χ4n) is 1.70. The van der Waals surface area contributed by atoms with Crippen molar-refractivity contribution in [1.82, 2.24) is 0 Å². The van der Waals surface area contributed by atoms with Crippen LogP contribution in [0.2, 0.25) is 0 Å². The van der Waals surface area contributed by atoms with Gasteiger partial charge in [0.1, 0.15) is 5.60 Å². The van der Waals surface area contributed by atoms with Gasteiger partial charge < -0.3 is 14.6 Å². The Kier molecular flexibility index (Phi) is 7.84. The van der Waals surface area contributed by atoms with Crippen LogP contribution in [0.5, 0.6) is 11.5 Å². The van der Waals surface area contributed by atoms with Crippen LogP contribution in [0.1, 0.15) is 58.9 Å². The van der Waals surface area contributed by atoms with Crippen molar-refractivity contribution >= 4 is 0 Å². The zero-order valence-electron chi connectivity index (χ0n) is 14.2. The molecule has 0 aliphatic rings. The predicted molar refractivity (Wildman–Crippen MR) is 90.4 cm³/mol. The highest BCUT2D eigenvalue weighted by atomic mass is 16.5. The van der Waals surface area contributed by atoms with Gasteiger partial charge in [0.05, 0.1) is 13.2 Å². The molecule has 3 nitrogen and oxygen atoms in total. The first-order chi connectivity index (χ1) is 10.5. The number of hydrogen-bond donors (Lipinski definition) is 1. The largest absolute Gasteiger partial charge is 0.490 e. The lowest BCUT2D eigenvalue weighted by molar-refractivity contribution is 0.143. The van der Waals surface area contributed by atoms with E-state index in [0.717, 1.165) is 42.7 Å². The van der Waals surface area contributed by atoms with E-state index in [0.29, 0.717) is 13.2 Å². The maximum absolute atomic E-state index is 9.69. The summed E-state index contributed by atoms with van der Waals surface area (Å²) in [5.74, 6) is 7.28. The zero-order chi connectivity index (χ0) is 16.4. The minimum Gasteiger partial charge on any atom is -0.490 e. The molecule has 0 fully saturated rings. The molecular formula is C19H28O3. The summed E-state index contributed by atoms with van der Waals surface area (Å²) in [6.45, 7) is 8.96. The van der Waals surface area contributed by atoms with Crippen LogP contribution in [0.25, 0.3) is 0 Å². The average molecular weight is 304 g/mol. The van der Waals surface area contributed by atoms with Gasteiger partial charge in [0.2, 0.25) is 0 Å². The van der Waals surface area contributed by atoms with Gasteiger partial charge in [-0.05, 0) is 44.9 Å². The third kappa shape index (κ3) is 7.38. The van der Waals surface area contributed by atoms with Crippen LogP contribution in [0.3, 0.4) is 0 Å². The average Bonchev–Trinajstić information content (AvgIpc) is 2.46. The molecule has 0 atom stereocenters. The van der Waals surface area contributed by atoms with E-state index in [-0.39, 0.29) is 0 Å². The third-order valence-corrected chi connectivity index (χ3v) is 2.97. The zero-order valence-corrected chi connectivity index (χ0v) is 14.2. The van der Waals surface area contributed by atoms with Crippen molar-refractivity contribution in [3.8, 4) is 23.3 Å². The Balaban J connectivity index is 2.89. The molecule has 3 heteroatoms. The molecule has 0 saturated heterocycles. The molecule has 1 aromatic rings.